The molecule has 44 heavy (non-hydrogen) atoms. The van der Waals surface area contributed by atoms with E-state index in [0.29, 0.717) is 36.6 Å². The van der Waals surface area contributed by atoms with E-state index in [2.05, 4.69) is 10.3 Å². The van der Waals surface area contributed by atoms with Crippen LogP contribution in [0.1, 0.15) is 74.6 Å². The van der Waals surface area contributed by atoms with Gasteiger partial charge in [-0.3, -0.25) is 9.59 Å². The first-order valence-corrected chi connectivity index (χ1v) is 15.7. The van der Waals surface area contributed by atoms with E-state index in [9.17, 15) is 19.5 Å². The Morgan fingerprint density at radius 2 is 1.68 bits per heavy atom. The SMILES string of the molecule is C1CC2CCC1C2.NCc1ccc(NC(=O)c2cc3c(cc2-c2ccc(C(N)=O)nc2C(=O)O)OCCc2ccsc2-3)cc1. The fourth-order valence-electron chi connectivity index (χ4n) is 6.40. The van der Waals surface area contributed by atoms with Crippen molar-refractivity contribution in [1.29, 1.82) is 0 Å². The lowest BCUT2D eigenvalue weighted by atomic mass is 9.93. The van der Waals surface area contributed by atoms with Gasteiger partial charge in [0.15, 0.2) is 5.69 Å². The molecule has 0 spiro atoms. The number of ether oxygens (including phenoxy) is 1. The lowest BCUT2D eigenvalue weighted by Crippen LogP contribution is -2.17. The number of thiophene rings is 1. The second-order valence-corrected chi connectivity index (χ2v) is 12.4. The summed E-state index contributed by atoms with van der Waals surface area (Å²) in [7, 11) is 0. The number of aromatic carboxylic acids is 1. The molecule has 1 aliphatic heterocycles. The van der Waals surface area contributed by atoms with E-state index in [1.807, 2.05) is 23.6 Å². The second kappa shape index (κ2) is 12.6. The molecule has 2 bridgehead atoms. The highest BCUT2D eigenvalue weighted by Crippen LogP contribution is 2.44. The van der Waals surface area contributed by atoms with E-state index >= 15 is 0 Å². The van der Waals surface area contributed by atoms with Crippen molar-refractivity contribution in [3.63, 3.8) is 0 Å². The number of primary amides is 1. The fraction of sp³-hybridized carbons (Fsp3) is 0.294. The van der Waals surface area contributed by atoms with Crippen molar-refractivity contribution in [3.8, 4) is 27.3 Å². The largest absolute Gasteiger partial charge is 0.493 e. The van der Waals surface area contributed by atoms with Gasteiger partial charge < -0.3 is 26.6 Å². The molecule has 2 amide bonds. The van der Waals surface area contributed by atoms with Crippen molar-refractivity contribution >= 4 is 34.8 Å². The highest BCUT2D eigenvalue weighted by Gasteiger charge is 2.30. The number of nitrogens with one attached hydrogen (secondary N) is 1. The molecule has 226 valence electrons. The van der Waals surface area contributed by atoms with Crippen molar-refractivity contribution < 1.29 is 24.2 Å². The molecule has 0 saturated heterocycles. The maximum Gasteiger partial charge on any atom is 0.355 e. The van der Waals surface area contributed by atoms with Crippen LogP contribution >= 0.6 is 11.3 Å². The minimum Gasteiger partial charge on any atom is -0.493 e. The molecule has 0 unspecified atom stereocenters. The van der Waals surface area contributed by atoms with Crippen LogP contribution in [0.2, 0.25) is 0 Å². The van der Waals surface area contributed by atoms with E-state index in [-0.39, 0.29) is 16.8 Å². The molecule has 7 rings (SSSR count). The zero-order valence-corrected chi connectivity index (χ0v) is 25.0. The average Bonchev–Trinajstić information content (AvgIpc) is 3.79. The maximum atomic E-state index is 13.6. The highest BCUT2D eigenvalue weighted by atomic mass is 32.1. The maximum absolute atomic E-state index is 13.6. The minimum absolute atomic E-state index is 0.156. The summed E-state index contributed by atoms with van der Waals surface area (Å²) in [5, 5.41) is 14.7. The van der Waals surface area contributed by atoms with Crippen LogP contribution in [0.25, 0.3) is 21.6 Å². The Hall–Kier alpha value is -4.54. The lowest BCUT2D eigenvalue weighted by Gasteiger charge is -2.17. The van der Waals surface area contributed by atoms with Crippen molar-refractivity contribution in [2.45, 2.75) is 45.1 Å². The number of carboxylic acids is 1. The van der Waals surface area contributed by atoms with Crippen LogP contribution in [0.4, 0.5) is 5.69 Å². The number of rotatable bonds is 6. The number of nitrogens with two attached hydrogens (primary N) is 2. The van der Waals surface area contributed by atoms with Gasteiger partial charge in [0.1, 0.15) is 11.4 Å². The molecule has 2 aromatic carbocycles. The normalized spacial score (nSPS) is 17.8. The van der Waals surface area contributed by atoms with Crippen molar-refractivity contribution in [3.05, 3.63) is 88.1 Å². The number of anilines is 1. The Kier molecular flexibility index (Phi) is 8.45. The Balaban J connectivity index is 0.000000425. The zero-order chi connectivity index (χ0) is 30.8. The molecular formula is C34H34N4O5S. The smallest absolute Gasteiger partial charge is 0.355 e. The van der Waals surface area contributed by atoms with Crippen LogP contribution in [0, 0.1) is 11.8 Å². The number of amides is 2. The summed E-state index contributed by atoms with van der Waals surface area (Å²) < 4.78 is 6.01. The van der Waals surface area contributed by atoms with Crippen LogP contribution in [0.15, 0.2) is 60.0 Å². The first-order chi connectivity index (χ1) is 21.3. The zero-order valence-electron chi connectivity index (χ0n) is 24.2. The quantitative estimate of drug-likeness (QED) is 0.205. The molecule has 9 nitrogen and oxygen atoms in total. The van der Waals surface area contributed by atoms with Crippen LogP contribution in [0.3, 0.4) is 0 Å². The monoisotopic (exact) mass is 610 g/mol. The fourth-order valence-corrected chi connectivity index (χ4v) is 7.38. The number of nitrogens with zero attached hydrogens (tertiary/aromatic N) is 1. The van der Waals surface area contributed by atoms with Gasteiger partial charge in [0.25, 0.3) is 11.8 Å². The number of hydrogen-bond acceptors (Lipinski definition) is 7. The average molecular weight is 611 g/mol. The second-order valence-electron chi connectivity index (χ2n) is 11.5. The van der Waals surface area contributed by atoms with Crippen LogP contribution in [-0.2, 0) is 13.0 Å². The number of carbonyl (C=O) groups is 3. The number of aromatic nitrogens is 1. The van der Waals surface area contributed by atoms with E-state index in [1.165, 1.54) is 24.0 Å². The number of carboxylic acid groups (broad SMARTS) is 1. The standard InChI is InChI=1S/C27H22N4O5S.C7H12/c28-13-14-1-3-16(4-2-14)30-26(33)19-11-20-22(36-9-7-15-8-10-37-24(15)20)12-18(19)17-5-6-21(25(29)32)31-23(17)27(34)35;1-2-7-4-3-6(1)5-7/h1-6,8,10-12H,7,9,13,28H2,(H2,29,32)(H,30,33)(H,34,35);6-7H,1-5H2. The van der Waals surface area contributed by atoms with Crippen molar-refractivity contribution in [2.75, 3.05) is 11.9 Å². The molecule has 2 aromatic heterocycles. The number of benzene rings is 2. The number of hydrogen-bond donors (Lipinski definition) is 4. The predicted octanol–water partition coefficient (Wildman–Crippen LogP) is 6.12. The molecule has 2 aliphatic carbocycles. The first-order valence-electron chi connectivity index (χ1n) is 14.8. The van der Waals surface area contributed by atoms with Crippen LogP contribution in [-0.4, -0.2) is 34.5 Å². The Morgan fingerprint density at radius 3 is 2.30 bits per heavy atom. The molecule has 4 aromatic rings. The van der Waals surface area contributed by atoms with Gasteiger partial charge in [-0.2, -0.15) is 0 Å². The summed E-state index contributed by atoms with van der Waals surface area (Å²) in [6, 6.07) is 15.3. The molecule has 3 heterocycles. The Labute approximate surface area is 259 Å². The van der Waals surface area contributed by atoms with Gasteiger partial charge in [-0.15, -0.1) is 11.3 Å². The van der Waals surface area contributed by atoms with E-state index in [4.69, 9.17) is 16.2 Å². The molecule has 0 radical (unpaired) electrons. The summed E-state index contributed by atoms with van der Waals surface area (Å²) in [6.45, 7) is 0.804. The van der Waals surface area contributed by atoms with Crippen molar-refractivity contribution in [1.82, 2.24) is 4.98 Å². The number of pyridine rings is 1. The van der Waals surface area contributed by atoms with E-state index in [0.717, 1.165) is 21.6 Å². The van der Waals surface area contributed by atoms with E-state index < -0.39 is 23.5 Å². The van der Waals surface area contributed by atoms with Crippen LogP contribution < -0.4 is 21.5 Å². The molecule has 3 aliphatic rings. The first kappa shape index (κ1) is 29.5. The van der Waals surface area contributed by atoms with Crippen molar-refractivity contribution in [2.24, 2.45) is 23.3 Å². The predicted molar refractivity (Wildman–Crippen MR) is 170 cm³/mol. The number of carbonyl (C=O) groups excluding carboxylic acids is 2. The van der Waals surface area contributed by atoms with Gasteiger partial charge in [-0.05, 0) is 77.2 Å². The number of fused-ring (bicyclic) bond motifs is 5. The van der Waals surface area contributed by atoms with E-state index in [1.54, 1.807) is 67.7 Å². The summed E-state index contributed by atoms with van der Waals surface area (Å²) in [4.78, 5) is 42.3. The van der Waals surface area contributed by atoms with Gasteiger partial charge in [0.2, 0.25) is 0 Å². The lowest BCUT2D eigenvalue weighted by molar-refractivity contribution is 0.0691. The summed E-state index contributed by atoms with van der Waals surface area (Å²) in [6.07, 6.45) is 8.53. The summed E-state index contributed by atoms with van der Waals surface area (Å²) in [5.74, 6) is 0.197. The van der Waals surface area contributed by atoms with Gasteiger partial charge in [0.05, 0.1) is 6.61 Å². The molecule has 2 saturated carbocycles. The van der Waals surface area contributed by atoms with Gasteiger partial charge in [0, 0.05) is 45.8 Å². The summed E-state index contributed by atoms with van der Waals surface area (Å²) >= 11 is 1.54. The molecular weight excluding hydrogens is 576 g/mol. The van der Waals surface area contributed by atoms with Crippen LogP contribution in [0.5, 0.6) is 5.75 Å². The van der Waals surface area contributed by atoms with Gasteiger partial charge in [-0.25, -0.2) is 9.78 Å². The third kappa shape index (κ3) is 6.09. The molecule has 0 atom stereocenters. The molecule has 2 fully saturated rings. The Morgan fingerprint density at radius 1 is 0.955 bits per heavy atom. The summed E-state index contributed by atoms with van der Waals surface area (Å²) in [5.41, 5.74) is 14.4. The molecule has 10 heteroatoms. The Bertz CT molecular complexity index is 1710. The third-order valence-electron chi connectivity index (χ3n) is 8.71. The highest BCUT2D eigenvalue weighted by molar-refractivity contribution is 7.13. The third-order valence-corrected chi connectivity index (χ3v) is 9.70. The molecule has 6 N–H and O–H groups in total. The minimum atomic E-state index is -1.36. The topological polar surface area (TPSA) is 158 Å². The van der Waals surface area contributed by atoms with Gasteiger partial charge in [-0.1, -0.05) is 37.8 Å². The van der Waals surface area contributed by atoms with Gasteiger partial charge >= 0.3 is 5.97 Å².